The highest BCUT2D eigenvalue weighted by molar-refractivity contribution is 5.94. The zero-order valence-corrected chi connectivity index (χ0v) is 14.6. The molecule has 2 heterocycles. The molecule has 0 aliphatic carbocycles. The van der Waals surface area contributed by atoms with Gasteiger partial charge in [0.05, 0.1) is 5.56 Å². The molecule has 0 unspecified atom stereocenters. The molecular formula is C19H25FN2O3. The number of rotatable bonds is 4. The fraction of sp³-hybridized carbons (Fsp3) is 0.579. The number of nitrogens with zero attached hydrogens (tertiary/aromatic N) is 2. The zero-order chi connectivity index (χ0) is 18.0. The number of halogens is 1. The van der Waals surface area contributed by atoms with Gasteiger partial charge in [0.2, 0.25) is 0 Å². The van der Waals surface area contributed by atoms with Gasteiger partial charge in [-0.2, -0.15) is 0 Å². The Morgan fingerprint density at radius 3 is 2.56 bits per heavy atom. The maximum Gasteiger partial charge on any atom is 0.320 e. The number of amides is 1. The van der Waals surface area contributed by atoms with Crippen molar-refractivity contribution in [3.05, 3.63) is 35.6 Å². The Balaban J connectivity index is 1.66. The number of carbonyl (C=O) groups is 2. The molecule has 1 N–H and O–H groups in total. The Kier molecular flexibility index (Phi) is 5.08. The van der Waals surface area contributed by atoms with Gasteiger partial charge < -0.3 is 10.0 Å². The number of hydrogen-bond donors (Lipinski definition) is 1. The maximum atomic E-state index is 13.8. The van der Waals surface area contributed by atoms with Gasteiger partial charge >= 0.3 is 5.97 Å². The molecule has 1 aromatic rings. The number of benzene rings is 1. The summed E-state index contributed by atoms with van der Waals surface area (Å²) in [6.45, 7) is 4.73. The molecule has 0 bridgehead atoms. The van der Waals surface area contributed by atoms with Crippen molar-refractivity contribution in [2.75, 3.05) is 26.2 Å². The number of carboxylic acids is 1. The van der Waals surface area contributed by atoms with Crippen LogP contribution in [0.5, 0.6) is 0 Å². The highest BCUT2D eigenvalue weighted by Crippen LogP contribution is 2.43. The minimum absolute atomic E-state index is 0.0375. The molecule has 5 nitrogen and oxygen atoms in total. The minimum Gasteiger partial charge on any atom is -0.480 e. The van der Waals surface area contributed by atoms with E-state index in [1.807, 2.05) is 0 Å². The van der Waals surface area contributed by atoms with E-state index in [-0.39, 0.29) is 16.9 Å². The van der Waals surface area contributed by atoms with Crippen LogP contribution in [-0.4, -0.2) is 59.0 Å². The van der Waals surface area contributed by atoms with Crippen molar-refractivity contribution >= 4 is 11.9 Å². The Hall–Kier alpha value is -1.95. The fourth-order valence-corrected chi connectivity index (χ4v) is 4.26. The Morgan fingerprint density at radius 2 is 1.96 bits per heavy atom. The number of carboxylic acid groups (broad SMARTS) is 1. The molecule has 0 saturated carbocycles. The van der Waals surface area contributed by atoms with Crippen molar-refractivity contribution < 1.29 is 19.1 Å². The van der Waals surface area contributed by atoms with Crippen molar-refractivity contribution in [3.63, 3.8) is 0 Å². The van der Waals surface area contributed by atoms with E-state index in [1.54, 1.807) is 17.0 Å². The summed E-state index contributed by atoms with van der Waals surface area (Å²) in [5, 5.41) is 9.50. The zero-order valence-electron chi connectivity index (χ0n) is 14.6. The van der Waals surface area contributed by atoms with Crippen LogP contribution in [0, 0.1) is 11.2 Å². The summed E-state index contributed by atoms with van der Waals surface area (Å²) >= 11 is 0. The normalized spacial score (nSPS) is 23.1. The fourth-order valence-electron chi connectivity index (χ4n) is 4.26. The van der Waals surface area contributed by atoms with Crippen molar-refractivity contribution in [2.24, 2.45) is 5.41 Å². The second-order valence-corrected chi connectivity index (χ2v) is 7.30. The van der Waals surface area contributed by atoms with Crippen LogP contribution in [0.4, 0.5) is 4.39 Å². The first-order valence-corrected chi connectivity index (χ1v) is 8.96. The van der Waals surface area contributed by atoms with Gasteiger partial charge in [0, 0.05) is 19.6 Å². The van der Waals surface area contributed by atoms with E-state index in [2.05, 4.69) is 11.8 Å². The summed E-state index contributed by atoms with van der Waals surface area (Å²) in [6.07, 6.45) is 3.12. The predicted molar refractivity (Wildman–Crippen MR) is 91.9 cm³/mol. The summed E-state index contributed by atoms with van der Waals surface area (Å²) in [5.41, 5.74) is 0.0745. The molecule has 3 rings (SSSR count). The van der Waals surface area contributed by atoms with E-state index in [4.69, 9.17) is 0 Å². The standard InChI is InChI=1S/C19H25FN2O3/c1-2-9-22-13-19(12-16(22)18(24)25)7-10-21(11-8-19)17(23)14-5-3-4-6-15(14)20/h3-6,16H,2,7-13H2,1H3,(H,24,25)/t16-/m1/s1. The van der Waals surface area contributed by atoms with E-state index < -0.39 is 17.8 Å². The molecule has 6 heteroatoms. The number of likely N-dealkylation sites (tertiary alicyclic amines) is 2. The Morgan fingerprint density at radius 1 is 1.28 bits per heavy atom. The Bertz CT molecular complexity index is 656. The van der Waals surface area contributed by atoms with Crippen LogP contribution in [0.1, 0.15) is 43.0 Å². The van der Waals surface area contributed by atoms with Gasteiger partial charge in [-0.15, -0.1) is 0 Å². The number of hydrogen-bond acceptors (Lipinski definition) is 3. The first-order valence-electron chi connectivity index (χ1n) is 8.96. The SMILES string of the molecule is CCCN1CC2(CCN(C(=O)c3ccccc3F)CC2)C[C@@H]1C(=O)O. The van der Waals surface area contributed by atoms with Crippen LogP contribution in [0.15, 0.2) is 24.3 Å². The molecule has 25 heavy (non-hydrogen) atoms. The number of piperidine rings is 1. The predicted octanol–water partition coefficient (Wildman–Crippen LogP) is 2.62. The molecule has 1 aromatic carbocycles. The highest BCUT2D eigenvalue weighted by Gasteiger charge is 2.48. The molecule has 136 valence electrons. The average Bonchev–Trinajstić information content (AvgIpc) is 2.94. The van der Waals surface area contributed by atoms with Crippen LogP contribution < -0.4 is 0 Å². The third kappa shape index (κ3) is 3.54. The van der Waals surface area contributed by atoms with E-state index >= 15 is 0 Å². The van der Waals surface area contributed by atoms with Gasteiger partial charge in [-0.05, 0) is 49.8 Å². The lowest BCUT2D eigenvalue weighted by Crippen LogP contribution is -2.44. The molecule has 1 amide bonds. The van der Waals surface area contributed by atoms with Gasteiger partial charge in [-0.3, -0.25) is 14.5 Å². The summed E-state index contributed by atoms with van der Waals surface area (Å²) < 4.78 is 13.8. The highest BCUT2D eigenvalue weighted by atomic mass is 19.1. The lowest BCUT2D eigenvalue weighted by molar-refractivity contribution is -0.142. The maximum absolute atomic E-state index is 13.8. The van der Waals surface area contributed by atoms with Gasteiger partial charge in [0.15, 0.2) is 0 Å². The van der Waals surface area contributed by atoms with Crippen LogP contribution in [0.2, 0.25) is 0 Å². The minimum atomic E-state index is -0.754. The van der Waals surface area contributed by atoms with Crippen LogP contribution >= 0.6 is 0 Å². The molecule has 0 radical (unpaired) electrons. The van der Waals surface area contributed by atoms with E-state index in [0.717, 1.165) is 32.4 Å². The van der Waals surface area contributed by atoms with Crippen LogP contribution in [0.3, 0.4) is 0 Å². The third-order valence-electron chi connectivity index (χ3n) is 5.62. The first-order chi connectivity index (χ1) is 12.0. The molecule has 2 saturated heterocycles. The number of aliphatic carboxylic acids is 1. The van der Waals surface area contributed by atoms with Crippen molar-refractivity contribution in [1.29, 1.82) is 0 Å². The first kappa shape index (κ1) is 17.9. The Labute approximate surface area is 147 Å². The molecule has 2 fully saturated rings. The lowest BCUT2D eigenvalue weighted by atomic mass is 9.76. The van der Waals surface area contributed by atoms with E-state index in [9.17, 15) is 19.1 Å². The van der Waals surface area contributed by atoms with Crippen LogP contribution in [-0.2, 0) is 4.79 Å². The van der Waals surface area contributed by atoms with Crippen molar-refractivity contribution in [1.82, 2.24) is 9.80 Å². The quantitative estimate of drug-likeness (QED) is 0.909. The molecule has 2 aliphatic rings. The van der Waals surface area contributed by atoms with Crippen molar-refractivity contribution in [2.45, 2.75) is 38.6 Å². The topological polar surface area (TPSA) is 60.9 Å². The largest absolute Gasteiger partial charge is 0.480 e. The summed E-state index contributed by atoms with van der Waals surface area (Å²) in [4.78, 5) is 27.9. The van der Waals surface area contributed by atoms with Gasteiger partial charge in [-0.25, -0.2) is 4.39 Å². The number of carbonyl (C=O) groups excluding carboxylic acids is 1. The smallest absolute Gasteiger partial charge is 0.320 e. The summed E-state index contributed by atoms with van der Waals surface area (Å²) in [6, 6.07) is 5.63. The second-order valence-electron chi connectivity index (χ2n) is 7.30. The third-order valence-corrected chi connectivity index (χ3v) is 5.62. The summed E-state index contributed by atoms with van der Waals surface area (Å²) in [5.74, 6) is -1.52. The average molecular weight is 348 g/mol. The lowest BCUT2D eigenvalue weighted by Gasteiger charge is -2.39. The molecule has 1 atom stereocenters. The van der Waals surface area contributed by atoms with E-state index in [0.29, 0.717) is 19.5 Å². The van der Waals surface area contributed by atoms with Gasteiger partial charge in [-0.1, -0.05) is 19.1 Å². The molecular weight excluding hydrogens is 323 g/mol. The van der Waals surface area contributed by atoms with E-state index in [1.165, 1.54) is 12.1 Å². The van der Waals surface area contributed by atoms with Crippen LogP contribution in [0.25, 0.3) is 0 Å². The van der Waals surface area contributed by atoms with Gasteiger partial charge in [0.1, 0.15) is 11.9 Å². The molecule has 1 spiro atoms. The van der Waals surface area contributed by atoms with Gasteiger partial charge in [0.25, 0.3) is 5.91 Å². The monoisotopic (exact) mass is 348 g/mol. The molecule has 0 aromatic heterocycles. The summed E-state index contributed by atoms with van der Waals surface area (Å²) in [7, 11) is 0. The molecule has 2 aliphatic heterocycles. The second kappa shape index (κ2) is 7.12. The van der Waals surface area contributed by atoms with Crippen molar-refractivity contribution in [3.8, 4) is 0 Å².